The van der Waals surface area contributed by atoms with E-state index in [2.05, 4.69) is 0 Å². The zero-order valence-corrected chi connectivity index (χ0v) is 12.2. The van der Waals surface area contributed by atoms with Crippen LogP contribution in [0.1, 0.15) is 33.6 Å². The number of carbonyl (C=O) groups excluding carboxylic acids is 4. The van der Waals surface area contributed by atoms with Gasteiger partial charge in [0, 0.05) is 27.2 Å². The van der Waals surface area contributed by atoms with E-state index in [9.17, 15) is 19.2 Å². The van der Waals surface area contributed by atoms with Gasteiger partial charge in [-0.2, -0.15) is 0 Å². The molecular formula is C14H18O7. The zero-order valence-electron chi connectivity index (χ0n) is 12.2. The summed E-state index contributed by atoms with van der Waals surface area (Å²) in [6.07, 6.45) is 0.268. The summed E-state index contributed by atoms with van der Waals surface area (Å²) in [5, 5.41) is 0. The minimum atomic E-state index is -1.29. The van der Waals surface area contributed by atoms with E-state index < -0.39 is 42.0 Å². The van der Waals surface area contributed by atoms with Gasteiger partial charge in [-0.15, -0.1) is 0 Å². The first-order chi connectivity index (χ1) is 9.81. The number of esters is 3. The molecule has 0 aromatic rings. The second kappa shape index (κ2) is 7.56. The van der Waals surface area contributed by atoms with Crippen LogP contribution in [0, 0.1) is 0 Å². The minimum Gasteiger partial charge on any atom is -0.454 e. The van der Waals surface area contributed by atoms with E-state index in [0.29, 0.717) is 6.42 Å². The quantitative estimate of drug-likeness (QED) is 0.430. The van der Waals surface area contributed by atoms with Gasteiger partial charge in [0.15, 0.2) is 18.0 Å². The third-order valence-electron chi connectivity index (χ3n) is 2.72. The van der Waals surface area contributed by atoms with Crippen molar-refractivity contribution < 1.29 is 33.4 Å². The number of rotatable bonds is 3. The van der Waals surface area contributed by atoms with Gasteiger partial charge in [-0.05, 0) is 12.5 Å². The molecule has 7 heteroatoms. The highest BCUT2D eigenvalue weighted by molar-refractivity contribution is 5.86. The Hall–Kier alpha value is -2.18. The molecule has 0 radical (unpaired) electrons. The number of ether oxygens (including phenoxy) is 3. The summed E-state index contributed by atoms with van der Waals surface area (Å²) >= 11 is 0. The van der Waals surface area contributed by atoms with Crippen molar-refractivity contribution in [2.75, 3.05) is 0 Å². The smallest absolute Gasteiger partial charge is 0.303 e. The predicted octanol–water partition coefficient (Wildman–Crippen LogP) is 0.701. The van der Waals surface area contributed by atoms with Gasteiger partial charge in [-0.3, -0.25) is 19.2 Å². The van der Waals surface area contributed by atoms with Crippen molar-refractivity contribution in [1.82, 2.24) is 0 Å². The second-order valence-corrected chi connectivity index (χ2v) is 4.61. The molecule has 1 aliphatic carbocycles. The average Bonchev–Trinajstić information content (AvgIpc) is 2.35. The van der Waals surface area contributed by atoms with Gasteiger partial charge in [-0.1, -0.05) is 6.08 Å². The Labute approximate surface area is 122 Å². The molecular weight excluding hydrogens is 280 g/mol. The van der Waals surface area contributed by atoms with Crippen LogP contribution in [0.4, 0.5) is 0 Å². The first-order valence-electron chi connectivity index (χ1n) is 6.52. The van der Waals surface area contributed by atoms with Gasteiger partial charge >= 0.3 is 17.9 Å². The maximum atomic E-state index is 12.1. The van der Waals surface area contributed by atoms with Gasteiger partial charge in [0.1, 0.15) is 0 Å². The Bertz CT molecular complexity index is 466. The highest BCUT2D eigenvalue weighted by atomic mass is 16.6. The Kier molecular flexibility index (Phi) is 6.08. The molecule has 0 N–H and O–H groups in total. The molecule has 1 aliphatic rings. The van der Waals surface area contributed by atoms with Crippen LogP contribution in [0.3, 0.4) is 0 Å². The van der Waals surface area contributed by atoms with E-state index in [-0.39, 0.29) is 6.42 Å². The third-order valence-corrected chi connectivity index (χ3v) is 2.72. The number of hydrogen-bond donors (Lipinski definition) is 0. The van der Waals surface area contributed by atoms with Crippen LogP contribution in [0.2, 0.25) is 0 Å². The first-order valence-corrected chi connectivity index (χ1v) is 6.52. The van der Waals surface area contributed by atoms with Crippen LogP contribution < -0.4 is 0 Å². The largest absolute Gasteiger partial charge is 0.454 e. The standard InChI is InChI=1S/C14H18O7/c1-8(15)19-12-7-5-4-6-11(18)13(20-9(2)16)14(12)21-10(3)17/h5,7,12-14H,4,6H2,1-3H3/b7-5-/t12-,13+,14+/m0/s1. The number of carbonyl (C=O) groups is 4. The van der Waals surface area contributed by atoms with Crippen molar-refractivity contribution in [3.63, 3.8) is 0 Å². The lowest BCUT2D eigenvalue weighted by Gasteiger charge is -2.30. The molecule has 0 aliphatic heterocycles. The highest BCUT2D eigenvalue weighted by Gasteiger charge is 2.40. The van der Waals surface area contributed by atoms with Crippen LogP contribution >= 0.6 is 0 Å². The van der Waals surface area contributed by atoms with Crippen LogP contribution in [-0.4, -0.2) is 42.0 Å². The summed E-state index contributed by atoms with van der Waals surface area (Å²) < 4.78 is 15.1. The van der Waals surface area contributed by atoms with Crippen molar-refractivity contribution in [3.05, 3.63) is 12.2 Å². The molecule has 0 saturated heterocycles. The van der Waals surface area contributed by atoms with Crippen LogP contribution in [0.5, 0.6) is 0 Å². The molecule has 0 aromatic carbocycles. The van der Waals surface area contributed by atoms with E-state index in [1.807, 2.05) is 0 Å². The fourth-order valence-electron chi connectivity index (χ4n) is 1.99. The summed E-state index contributed by atoms with van der Waals surface area (Å²) in [5.41, 5.74) is 0. The molecule has 0 fully saturated rings. The number of Topliss-reactive ketones (excluding diaryl/α,β-unsaturated/α-hetero) is 1. The summed E-state index contributed by atoms with van der Waals surface area (Å²) in [4.78, 5) is 45.7. The van der Waals surface area contributed by atoms with Crippen LogP contribution in [0.15, 0.2) is 12.2 Å². The Balaban J connectivity index is 3.13. The number of ketones is 1. The predicted molar refractivity (Wildman–Crippen MR) is 70.0 cm³/mol. The minimum absolute atomic E-state index is 0.138. The molecule has 21 heavy (non-hydrogen) atoms. The molecule has 0 unspecified atom stereocenters. The maximum Gasteiger partial charge on any atom is 0.303 e. The van der Waals surface area contributed by atoms with E-state index in [1.54, 1.807) is 6.08 Å². The lowest BCUT2D eigenvalue weighted by atomic mass is 9.96. The molecule has 3 atom stereocenters. The SMILES string of the molecule is CC(=O)O[C@@H]1[C@@H](OC(C)=O)/C=C\CCC(=O)[C@H]1OC(C)=O. The van der Waals surface area contributed by atoms with Gasteiger partial charge < -0.3 is 14.2 Å². The summed E-state index contributed by atoms with van der Waals surface area (Å²) in [7, 11) is 0. The molecule has 0 spiro atoms. The van der Waals surface area contributed by atoms with E-state index >= 15 is 0 Å². The van der Waals surface area contributed by atoms with E-state index in [0.717, 1.165) is 13.8 Å². The van der Waals surface area contributed by atoms with Crippen LogP contribution in [-0.2, 0) is 33.4 Å². The normalized spacial score (nSPS) is 27.0. The monoisotopic (exact) mass is 298 g/mol. The fourth-order valence-corrected chi connectivity index (χ4v) is 1.99. The Morgan fingerprint density at radius 2 is 1.57 bits per heavy atom. The van der Waals surface area contributed by atoms with Gasteiger partial charge in [-0.25, -0.2) is 0 Å². The first kappa shape index (κ1) is 16.9. The lowest BCUT2D eigenvalue weighted by Crippen LogP contribution is -2.48. The van der Waals surface area contributed by atoms with E-state index in [1.165, 1.54) is 13.0 Å². The molecule has 1 rings (SSSR count). The summed E-state index contributed by atoms with van der Waals surface area (Å²) in [6.45, 7) is 3.50. The average molecular weight is 298 g/mol. The summed E-state index contributed by atoms with van der Waals surface area (Å²) in [5.74, 6) is -2.35. The molecule has 7 nitrogen and oxygen atoms in total. The van der Waals surface area contributed by atoms with Crippen molar-refractivity contribution in [1.29, 1.82) is 0 Å². The number of hydrogen-bond acceptors (Lipinski definition) is 7. The Morgan fingerprint density at radius 3 is 2.10 bits per heavy atom. The lowest BCUT2D eigenvalue weighted by molar-refractivity contribution is -0.181. The fraction of sp³-hybridized carbons (Fsp3) is 0.571. The molecule has 0 saturated carbocycles. The maximum absolute atomic E-state index is 12.1. The zero-order chi connectivity index (χ0) is 16.0. The molecule has 116 valence electrons. The van der Waals surface area contributed by atoms with Gasteiger partial charge in [0.05, 0.1) is 0 Å². The van der Waals surface area contributed by atoms with Crippen LogP contribution in [0.25, 0.3) is 0 Å². The third kappa shape index (κ3) is 5.37. The van der Waals surface area contributed by atoms with Crippen molar-refractivity contribution in [3.8, 4) is 0 Å². The van der Waals surface area contributed by atoms with Crippen molar-refractivity contribution in [2.45, 2.75) is 51.9 Å². The molecule has 0 amide bonds. The molecule has 0 aromatic heterocycles. The van der Waals surface area contributed by atoms with Crippen molar-refractivity contribution >= 4 is 23.7 Å². The topological polar surface area (TPSA) is 96.0 Å². The van der Waals surface area contributed by atoms with E-state index in [4.69, 9.17) is 14.2 Å². The Morgan fingerprint density at radius 1 is 1.00 bits per heavy atom. The molecule has 0 bridgehead atoms. The second-order valence-electron chi connectivity index (χ2n) is 4.61. The number of allylic oxidation sites excluding steroid dienone is 1. The summed E-state index contributed by atoms with van der Waals surface area (Å²) in [6, 6.07) is 0. The van der Waals surface area contributed by atoms with Gasteiger partial charge in [0.25, 0.3) is 0 Å². The molecule has 0 heterocycles. The van der Waals surface area contributed by atoms with Crippen molar-refractivity contribution in [2.24, 2.45) is 0 Å². The highest BCUT2D eigenvalue weighted by Crippen LogP contribution is 2.20. The van der Waals surface area contributed by atoms with Gasteiger partial charge in [0.2, 0.25) is 6.10 Å².